The minimum Gasteiger partial charge on any atom is -0.462 e. The predicted molar refractivity (Wildman–Crippen MR) is 158 cm³/mol. The Morgan fingerprint density at radius 3 is 1.93 bits per heavy atom. The number of hydrogen-bond donors (Lipinski definition) is 2. The van der Waals surface area contributed by atoms with E-state index in [1.807, 2.05) is 0 Å². The topological polar surface area (TPSA) is 181 Å². The smallest absolute Gasteiger partial charge is 0.334 e. The van der Waals surface area contributed by atoms with Crippen LogP contribution in [0.25, 0.3) is 0 Å². The van der Waals surface area contributed by atoms with Crippen LogP contribution in [0.5, 0.6) is 0 Å². The van der Waals surface area contributed by atoms with E-state index in [9.17, 15) is 34.2 Å². The van der Waals surface area contributed by atoms with Gasteiger partial charge in [0, 0.05) is 39.7 Å². The van der Waals surface area contributed by atoms with Crippen LogP contribution < -0.4 is 0 Å². The fourth-order valence-electron chi connectivity index (χ4n) is 8.54. The summed E-state index contributed by atoms with van der Waals surface area (Å²) in [4.78, 5) is 65.1. The van der Waals surface area contributed by atoms with Crippen LogP contribution in [-0.2, 0) is 52.4 Å². The number of carbonyl (C=O) groups is 5. The van der Waals surface area contributed by atoms with Gasteiger partial charge in [-0.2, -0.15) is 0 Å². The van der Waals surface area contributed by atoms with Crippen molar-refractivity contribution >= 4 is 29.8 Å². The summed E-state index contributed by atoms with van der Waals surface area (Å²) in [6, 6.07) is 0. The van der Waals surface area contributed by atoms with E-state index in [1.54, 1.807) is 20.8 Å². The van der Waals surface area contributed by atoms with Gasteiger partial charge in [0.15, 0.2) is 17.8 Å². The summed E-state index contributed by atoms with van der Waals surface area (Å²) in [5.74, 6) is -4.88. The van der Waals surface area contributed by atoms with Crippen LogP contribution in [0.15, 0.2) is 22.8 Å². The maximum atomic E-state index is 13.6. The number of hydrogen-bond acceptors (Lipinski definition) is 13. The van der Waals surface area contributed by atoms with E-state index in [4.69, 9.17) is 28.4 Å². The van der Waals surface area contributed by atoms with Gasteiger partial charge < -0.3 is 38.6 Å². The molecule has 4 rings (SSSR count). The van der Waals surface area contributed by atoms with Gasteiger partial charge in [0.2, 0.25) is 0 Å². The van der Waals surface area contributed by atoms with Crippen LogP contribution in [-0.4, -0.2) is 94.5 Å². The number of rotatable bonds is 7. The first-order valence-electron chi connectivity index (χ1n) is 15.5. The number of aliphatic hydroxyl groups excluding tert-OH is 1. The molecule has 2 saturated carbocycles. The molecule has 0 aromatic rings. The monoisotopic (exact) mass is 650 g/mol. The lowest BCUT2D eigenvalue weighted by Gasteiger charge is -2.65. The fraction of sp³-hybridized carbons (Fsp3) is 0.727. The quantitative estimate of drug-likeness (QED) is 0.177. The van der Waals surface area contributed by atoms with Gasteiger partial charge >= 0.3 is 29.8 Å². The summed E-state index contributed by atoms with van der Waals surface area (Å²) in [7, 11) is 0. The number of ether oxygens (including phenoxy) is 6. The van der Waals surface area contributed by atoms with Crippen molar-refractivity contribution in [3.8, 4) is 0 Å². The molecule has 10 atom stereocenters. The van der Waals surface area contributed by atoms with E-state index in [-0.39, 0.29) is 30.6 Å². The highest BCUT2D eigenvalue weighted by molar-refractivity contribution is 5.88. The van der Waals surface area contributed by atoms with Gasteiger partial charge in [-0.05, 0) is 52.2 Å². The summed E-state index contributed by atoms with van der Waals surface area (Å²) in [5, 5.41) is 23.7. The highest BCUT2D eigenvalue weighted by Gasteiger charge is 2.80. The van der Waals surface area contributed by atoms with E-state index < -0.39 is 94.4 Å². The highest BCUT2D eigenvalue weighted by atomic mass is 16.6. The van der Waals surface area contributed by atoms with Crippen molar-refractivity contribution in [3.63, 3.8) is 0 Å². The molecule has 3 aliphatic carbocycles. The Balaban J connectivity index is 2.24. The minimum atomic E-state index is -1.82. The maximum absolute atomic E-state index is 13.6. The third kappa shape index (κ3) is 5.33. The lowest BCUT2D eigenvalue weighted by atomic mass is 9.49. The molecule has 0 radical (unpaired) electrons. The third-order valence-electron chi connectivity index (χ3n) is 10.6. The molecule has 1 heterocycles. The summed E-state index contributed by atoms with van der Waals surface area (Å²) < 4.78 is 36.5. The van der Waals surface area contributed by atoms with Crippen molar-refractivity contribution in [2.75, 3.05) is 6.61 Å². The van der Waals surface area contributed by atoms with E-state index in [1.165, 1.54) is 47.6 Å². The first kappa shape index (κ1) is 35.6. The van der Waals surface area contributed by atoms with Crippen LogP contribution in [0.4, 0.5) is 0 Å². The van der Waals surface area contributed by atoms with Gasteiger partial charge in [-0.3, -0.25) is 19.2 Å². The SMILES string of the molecule is C/C=C(\C)C(=O)O[C@@H]1C2=C(C)[C@@H](O)C[C@@]2(C(C)(C)O)[C@@H](OC(C)=O)[C@H]2[C@]3(OC(C)=O)CO[C@@H]3C[C@H](OC(C)=O)[C@@]2(C)[C@H]1OC(C)=O. The number of allylic oxidation sites excluding steroid dienone is 1. The van der Waals surface area contributed by atoms with Crippen LogP contribution in [0.1, 0.15) is 82.1 Å². The Morgan fingerprint density at radius 2 is 1.48 bits per heavy atom. The second-order valence-electron chi connectivity index (χ2n) is 13.7. The molecule has 4 aliphatic rings. The summed E-state index contributed by atoms with van der Waals surface area (Å²) in [6.07, 6.45) is -6.28. The highest BCUT2D eigenvalue weighted by Crippen LogP contribution is 2.68. The van der Waals surface area contributed by atoms with E-state index in [0.717, 1.165) is 6.92 Å². The van der Waals surface area contributed by atoms with Gasteiger partial charge in [0.05, 0.1) is 35.1 Å². The molecule has 1 aliphatic heterocycles. The van der Waals surface area contributed by atoms with Crippen LogP contribution in [0.3, 0.4) is 0 Å². The van der Waals surface area contributed by atoms with Gasteiger partial charge in [-0.15, -0.1) is 0 Å². The van der Waals surface area contributed by atoms with Gasteiger partial charge in [-0.25, -0.2) is 4.79 Å². The Kier molecular flexibility index (Phi) is 9.32. The van der Waals surface area contributed by atoms with Gasteiger partial charge in [0.25, 0.3) is 0 Å². The minimum absolute atomic E-state index is 0.0187. The Labute approximate surface area is 268 Å². The van der Waals surface area contributed by atoms with E-state index >= 15 is 0 Å². The molecule has 0 amide bonds. The second-order valence-corrected chi connectivity index (χ2v) is 13.7. The van der Waals surface area contributed by atoms with E-state index in [0.29, 0.717) is 5.57 Å². The normalized spacial score (nSPS) is 38.6. The third-order valence-corrected chi connectivity index (χ3v) is 10.6. The van der Waals surface area contributed by atoms with Crippen molar-refractivity contribution in [2.45, 2.75) is 130 Å². The zero-order valence-corrected chi connectivity index (χ0v) is 28.1. The zero-order valence-electron chi connectivity index (χ0n) is 28.1. The first-order chi connectivity index (χ1) is 21.2. The average Bonchev–Trinajstić information content (AvgIpc) is 3.16. The van der Waals surface area contributed by atoms with Crippen molar-refractivity contribution in [1.82, 2.24) is 0 Å². The van der Waals surface area contributed by atoms with Gasteiger partial charge in [-0.1, -0.05) is 13.0 Å². The number of aliphatic hydroxyl groups is 2. The molecule has 2 N–H and O–H groups in total. The van der Waals surface area contributed by atoms with Crippen LogP contribution in [0.2, 0.25) is 0 Å². The fourth-order valence-corrected chi connectivity index (χ4v) is 8.54. The molecule has 0 unspecified atom stereocenters. The molecule has 13 heteroatoms. The zero-order chi connectivity index (χ0) is 34.7. The summed E-state index contributed by atoms with van der Waals surface area (Å²) in [5.41, 5.74) is -5.99. The number of esters is 5. The first-order valence-corrected chi connectivity index (χ1v) is 15.5. The molecular weight excluding hydrogens is 604 g/mol. The molecule has 46 heavy (non-hydrogen) atoms. The second kappa shape index (κ2) is 12.1. The Hall–Kier alpha value is -3.29. The molecule has 256 valence electrons. The lowest BCUT2D eigenvalue weighted by Crippen LogP contribution is -2.79. The van der Waals surface area contributed by atoms with Crippen molar-refractivity contribution < 1.29 is 62.6 Å². The summed E-state index contributed by atoms with van der Waals surface area (Å²) >= 11 is 0. The molecular formula is C33H46O13. The van der Waals surface area contributed by atoms with Crippen molar-refractivity contribution in [2.24, 2.45) is 16.7 Å². The predicted octanol–water partition coefficient (Wildman–Crippen LogP) is 2.24. The standard InChI is InChI=1S/C33H46O13/c1-11-15(2)29(39)45-25-24-16(3)21(38)13-32(24,30(8,9)40)28(44-19(6)36)26-31(10,27(25)43-18(5)35)22(42-17(4)34)12-23-33(26,14-41-23)46-20(7)37/h11,21-23,25-28,38,40H,12-14H2,1-10H3/b15-11+/t21-,22-,23+,25+,26+,27-,28-,31+,32-,33-/m0/s1. The molecule has 0 spiro atoms. The molecule has 0 aromatic heterocycles. The summed E-state index contributed by atoms with van der Waals surface area (Å²) in [6.45, 7) is 14.0. The average molecular weight is 651 g/mol. The van der Waals surface area contributed by atoms with Crippen molar-refractivity contribution in [1.29, 1.82) is 0 Å². The largest absolute Gasteiger partial charge is 0.462 e. The molecule has 0 bridgehead atoms. The molecule has 13 nitrogen and oxygen atoms in total. The van der Waals surface area contributed by atoms with E-state index in [2.05, 4.69) is 0 Å². The van der Waals surface area contributed by atoms with Crippen LogP contribution >= 0.6 is 0 Å². The molecule has 1 saturated heterocycles. The van der Waals surface area contributed by atoms with Crippen molar-refractivity contribution in [3.05, 3.63) is 22.8 Å². The number of fused-ring (bicyclic) bond motifs is 4. The maximum Gasteiger partial charge on any atom is 0.334 e. The molecule has 3 fully saturated rings. The Morgan fingerprint density at radius 1 is 0.913 bits per heavy atom. The van der Waals surface area contributed by atoms with Gasteiger partial charge in [0.1, 0.15) is 18.3 Å². The van der Waals surface area contributed by atoms with Crippen LogP contribution in [0, 0.1) is 16.7 Å². The Bertz CT molecular complexity index is 1370. The number of carbonyl (C=O) groups excluding carboxylic acids is 5. The lowest BCUT2D eigenvalue weighted by molar-refractivity contribution is -0.353. The molecule has 0 aromatic carbocycles.